The second kappa shape index (κ2) is 13.5. The molecule has 4 fully saturated rings. The molecule has 4 aliphatic rings. The lowest BCUT2D eigenvalue weighted by molar-refractivity contribution is -0.163. The average Bonchev–Trinajstić information content (AvgIpc) is 3.55. The summed E-state index contributed by atoms with van der Waals surface area (Å²) in [6.07, 6.45) is 4.35. The molecular weight excluding hydrogens is 669 g/mol. The third-order valence-corrected chi connectivity index (χ3v) is 12.0. The topological polar surface area (TPSA) is 146 Å². The van der Waals surface area contributed by atoms with Gasteiger partial charge >= 0.3 is 5.97 Å². The number of anilines is 2. The number of amides is 1. The highest BCUT2D eigenvalue weighted by molar-refractivity contribution is 7.81. The van der Waals surface area contributed by atoms with Crippen LogP contribution in [0.25, 0.3) is 16.9 Å². The van der Waals surface area contributed by atoms with Gasteiger partial charge in [0.05, 0.1) is 53.8 Å². The van der Waals surface area contributed by atoms with Gasteiger partial charge in [-0.05, 0) is 123 Å². The van der Waals surface area contributed by atoms with Crippen molar-refractivity contribution in [1.29, 1.82) is 0 Å². The van der Waals surface area contributed by atoms with Gasteiger partial charge in [0, 0.05) is 0 Å². The van der Waals surface area contributed by atoms with Gasteiger partial charge in [0.1, 0.15) is 17.0 Å². The summed E-state index contributed by atoms with van der Waals surface area (Å²) in [6, 6.07) is 19.6. The summed E-state index contributed by atoms with van der Waals surface area (Å²) in [5.74, 6) is 0.0933. The molecule has 0 saturated heterocycles. The van der Waals surface area contributed by atoms with Gasteiger partial charge in [-0.15, -0.1) is 0 Å². The van der Waals surface area contributed by atoms with Gasteiger partial charge in [0.25, 0.3) is 5.91 Å². The van der Waals surface area contributed by atoms with Crippen molar-refractivity contribution in [2.75, 3.05) is 18.5 Å². The number of hydrogen-bond donors (Lipinski definition) is 2. The van der Waals surface area contributed by atoms with Crippen LogP contribution in [0, 0.1) is 30.6 Å². The minimum absolute atomic E-state index is 0.0492. The summed E-state index contributed by atoms with van der Waals surface area (Å²) in [6.45, 7) is 5.93. The molecule has 4 aromatic rings. The van der Waals surface area contributed by atoms with Crippen molar-refractivity contribution in [2.24, 2.45) is 23.7 Å². The van der Waals surface area contributed by atoms with Crippen molar-refractivity contribution in [3.63, 3.8) is 0 Å². The highest BCUT2D eigenvalue weighted by atomic mass is 32.2. The van der Waals surface area contributed by atoms with Crippen LogP contribution in [0.15, 0.2) is 66.7 Å². The SMILES string of the molecule is COc1cccc(OC)c1-c1cc(C(=O)NC2(C(=O)O)C3CC4CC(C3)CC2C4)nn1-c1ccc(N(c2ccc(C)cc2)S(=O)[O-])cc1C(C)C. The first-order valence-corrected chi connectivity index (χ1v) is 18.5. The summed E-state index contributed by atoms with van der Waals surface area (Å²) >= 11 is -2.62. The number of nitrogens with zero attached hydrogens (tertiary/aromatic N) is 3. The largest absolute Gasteiger partial charge is 0.755 e. The quantitative estimate of drug-likeness (QED) is 0.159. The van der Waals surface area contributed by atoms with E-state index in [1.165, 1.54) is 4.31 Å². The summed E-state index contributed by atoms with van der Waals surface area (Å²) in [4.78, 5) is 27.4. The zero-order valence-electron chi connectivity index (χ0n) is 29.4. The van der Waals surface area contributed by atoms with E-state index in [1.807, 2.05) is 39.0 Å². The van der Waals surface area contributed by atoms with E-state index < -0.39 is 28.7 Å². The lowest BCUT2D eigenvalue weighted by Gasteiger charge is -2.59. The van der Waals surface area contributed by atoms with Crippen LogP contribution in [-0.4, -0.2) is 55.3 Å². The molecule has 0 spiro atoms. The fourth-order valence-corrected chi connectivity index (χ4v) is 9.65. The number of carboxylic acids is 1. The number of rotatable bonds is 11. The first-order chi connectivity index (χ1) is 24.4. The van der Waals surface area contributed by atoms with E-state index in [1.54, 1.807) is 67.4 Å². The summed E-state index contributed by atoms with van der Waals surface area (Å²) in [5.41, 5.74) is 3.05. The van der Waals surface area contributed by atoms with Crippen molar-refractivity contribution in [3.8, 4) is 28.4 Å². The van der Waals surface area contributed by atoms with Crippen LogP contribution in [0.1, 0.15) is 73.5 Å². The van der Waals surface area contributed by atoms with Crippen LogP contribution in [0.5, 0.6) is 11.5 Å². The summed E-state index contributed by atoms with van der Waals surface area (Å²) in [7, 11) is 3.10. The highest BCUT2D eigenvalue weighted by Crippen LogP contribution is 2.58. The normalized spacial score (nSPS) is 24.0. The Labute approximate surface area is 300 Å². The van der Waals surface area contributed by atoms with Crippen molar-refractivity contribution in [3.05, 3.63) is 83.6 Å². The summed E-state index contributed by atoms with van der Waals surface area (Å²) in [5, 5.41) is 18.6. The molecular formula is C39H43N4O7S-. The van der Waals surface area contributed by atoms with E-state index in [4.69, 9.17) is 14.6 Å². The van der Waals surface area contributed by atoms with E-state index in [0.717, 1.165) is 43.2 Å². The van der Waals surface area contributed by atoms with Crippen LogP contribution in [-0.2, 0) is 16.1 Å². The minimum Gasteiger partial charge on any atom is -0.755 e. The van der Waals surface area contributed by atoms with E-state index in [-0.39, 0.29) is 23.4 Å². The Hall–Kier alpha value is -4.68. The fraction of sp³-hybridized carbons (Fsp3) is 0.410. The number of methoxy groups -OCH3 is 2. The fourth-order valence-electron chi connectivity index (χ4n) is 9.07. The number of nitrogens with one attached hydrogen (secondary N) is 1. The standard InChI is InChI=1S/C39H44N4O7S/c1-22(2)30-20-29(43(51(47)48)28-11-9-23(3)10-12-28)13-14-32(30)42-33(36-34(49-4)7-6-8-35(36)50-5)21-31(41-42)37(44)40-39(38(45)46)26-16-24-15-25(18-26)19-27(39)17-24/h6-14,20-22,24-27H,15-19H2,1-5H3,(H,40,44)(H,45,46)(H,47,48)/p-1. The van der Waals surface area contributed by atoms with Crippen molar-refractivity contribution in [1.82, 2.24) is 15.1 Å². The van der Waals surface area contributed by atoms with Crippen LogP contribution < -0.4 is 19.1 Å². The number of carbonyl (C=O) groups excluding carboxylic acids is 1. The molecule has 4 bridgehead atoms. The zero-order chi connectivity index (χ0) is 36.2. The molecule has 51 heavy (non-hydrogen) atoms. The number of ether oxygens (including phenoxy) is 2. The molecule has 1 amide bonds. The molecule has 11 nitrogen and oxygen atoms in total. The van der Waals surface area contributed by atoms with Crippen molar-refractivity contribution in [2.45, 2.75) is 64.3 Å². The Bertz CT molecular complexity index is 1960. The maximum absolute atomic E-state index is 14.3. The molecule has 1 heterocycles. The molecule has 1 atom stereocenters. The molecule has 0 radical (unpaired) electrons. The maximum atomic E-state index is 14.3. The van der Waals surface area contributed by atoms with Crippen molar-refractivity contribution < 1.29 is 32.9 Å². The van der Waals surface area contributed by atoms with Gasteiger partial charge < -0.3 is 24.4 Å². The van der Waals surface area contributed by atoms with E-state index in [0.29, 0.717) is 51.7 Å². The predicted molar refractivity (Wildman–Crippen MR) is 193 cm³/mol. The van der Waals surface area contributed by atoms with Crippen LogP contribution in [0.3, 0.4) is 0 Å². The monoisotopic (exact) mass is 711 g/mol. The van der Waals surface area contributed by atoms with Gasteiger partial charge in [0.2, 0.25) is 0 Å². The highest BCUT2D eigenvalue weighted by Gasteiger charge is 2.62. The van der Waals surface area contributed by atoms with E-state index in [2.05, 4.69) is 5.32 Å². The maximum Gasteiger partial charge on any atom is 0.330 e. The van der Waals surface area contributed by atoms with E-state index in [9.17, 15) is 23.5 Å². The molecule has 4 saturated carbocycles. The van der Waals surface area contributed by atoms with Crippen LogP contribution in [0.2, 0.25) is 0 Å². The van der Waals surface area contributed by atoms with Gasteiger partial charge in [0.15, 0.2) is 5.69 Å². The lowest BCUT2D eigenvalue weighted by Crippen LogP contribution is -2.70. The number of aliphatic carboxylic acids is 1. The predicted octanol–water partition coefficient (Wildman–Crippen LogP) is 6.93. The molecule has 3 aromatic carbocycles. The first-order valence-electron chi connectivity index (χ1n) is 17.4. The minimum atomic E-state index is -2.62. The molecule has 8 rings (SSSR count). The number of aryl methyl sites for hydroxylation is 1. The second-order valence-corrected chi connectivity index (χ2v) is 15.3. The Morgan fingerprint density at radius 2 is 1.53 bits per heavy atom. The van der Waals surface area contributed by atoms with Gasteiger partial charge in [-0.1, -0.05) is 37.6 Å². The average molecular weight is 712 g/mol. The molecule has 0 aliphatic heterocycles. The third-order valence-electron chi connectivity index (χ3n) is 11.2. The number of benzene rings is 3. The van der Waals surface area contributed by atoms with Crippen LogP contribution in [0.4, 0.5) is 11.4 Å². The molecule has 4 aliphatic carbocycles. The number of aromatic nitrogens is 2. The molecule has 2 N–H and O–H groups in total. The van der Waals surface area contributed by atoms with Gasteiger partial charge in [-0.2, -0.15) is 5.10 Å². The number of carbonyl (C=O) groups is 2. The zero-order valence-corrected chi connectivity index (χ0v) is 30.2. The smallest absolute Gasteiger partial charge is 0.330 e. The molecule has 1 aromatic heterocycles. The Morgan fingerprint density at radius 1 is 0.941 bits per heavy atom. The summed E-state index contributed by atoms with van der Waals surface area (Å²) < 4.78 is 39.6. The van der Waals surface area contributed by atoms with Gasteiger partial charge in [-0.3, -0.25) is 13.3 Å². The number of hydrogen-bond acceptors (Lipinski definition) is 7. The first kappa shape index (κ1) is 34.8. The number of carboxylic acid groups (broad SMARTS) is 1. The lowest BCUT2D eigenvalue weighted by atomic mass is 9.48. The third kappa shape index (κ3) is 5.97. The Morgan fingerprint density at radius 3 is 2.06 bits per heavy atom. The molecule has 12 heteroatoms. The Kier molecular flexibility index (Phi) is 9.17. The van der Waals surface area contributed by atoms with Gasteiger partial charge in [-0.25, -0.2) is 9.48 Å². The van der Waals surface area contributed by atoms with Crippen molar-refractivity contribution >= 4 is 34.5 Å². The van der Waals surface area contributed by atoms with Crippen LogP contribution >= 0.6 is 0 Å². The Balaban J connectivity index is 1.37. The molecule has 268 valence electrons. The van der Waals surface area contributed by atoms with E-state index >= 15 is 0 Å². The molecule has 1 unspecified atom stereocenters. The second-order valence-electron chi connectivity index (χ2n) is 14.5.